The molecule has 0 saturated heterocycles. The second kappa shape index (κ2) is 5.78. The lowest BCUT2D eigenvalue weighted by Crippen LogP contribution is -2.26. The maximum absolute atomic E-state index is 10.2. The highest BCUT2D eigenvalue weighted by atomic mass is 32.2. The molecule has 1 aliphatic heterocycles. The highest BCUT2D eigenvalue weighted by Gasteiger charge is 2.22. The van der Waals surface area contributed by atoms with Crippen LogP contribution in [0, 0.1) is 0 Å². The van der Waals surface area contributed by atoms with Gasteiger partial charge in [-0.1, -0.05) is 48.5 Å². The number of aliphatic hydroxyl groups excluding tert-OH is 1. The lowest BCUT2D eigenvalue weighted by atomic mass is 10.1. The molecule has 98 valence electrons. The van der Waals surface area contributed by atoms with E-state index in [9.17, 15) is 5.11 Å². The van der Waals surface area contributed by atoms with Gasteiger partial charge in [-0.3, -0.25) is 0 Å². The molecule has 0 saturated carbocycles. The van der Waals surface area contributed by atoms with Crippen LogP contribution in [0.4, 0.5) is 0 Å². The average Bonchev–Trinajstić information content (AvgIpc) is 2.89. The summed E-state index contributed by atoms with van der Waals surface area (Å²) in [6, 6.07) is 18.6. The third-order valence-electron chi connectivity index (χ3n) is 3.44. The molecule has 0 bridgehead atoms. The van der Waals surface area contributed by atoms with Crippen molar-refractivity contribution >= 4 is 11.8 Å². The van der Waals surface area contributed by atoms with Gasteiger partial charge in [0.1, 0.15) is 0 Å². The van der Waals surface area contributed by atoms with Crippen LogP contribution in [0.5, 0.6) is 0 Å². The van der Waals surface area contributed by atoms with Crippen molar-refractivity contribution in [3.63, 3.8) is 0 Å². The maximum atomic E-state index is 10.2. The quantitative estimate of drug-likeness (QED) is 0.896. The van der Waals surface area contributed by atoms with Gasteiger partial charge in [-0.15, -0.1) is 11.8 Å². The monoisotopic (exact) mass is 271 g/mol. The predicted molar refractivity (Wildman–Crippen MR) is 79.3 cm³/mol. The fourth-order valence-electron chi connectivity index (χ4n) is 2.38. The van der Waals surface area contributed by atoms with Crippen molar-refractivity contribution in [2.45, 2.75) is 17.0 Å². The molecule has 2 unspecified atom stereocenters. The van der Waals surface area contributed by atoms with E-state index < -0.39 is 6.10 Å². The summed E-state index contributed by atoms with van der Waals surface area (Å²) in [5.41, 5.74) is 2.32. The summed E-state index contributed by atoms with van der Waals surface area (Å²) < 4.78 is 0. The first-order valence-electron chi connectivity index (χ1n) is 6.53. The van der Waals surface area contributed by atoms with Crippen LogP contribution < -0.4 is 5.32 Å². The molecule has 1 heterocycles. The summed E-state index contributed by atoms with van der Waals surface area (Å²) in [6.07, 6.45) is -0.445. The Labute approximate surface area is 117 Å². The first-order valence-corrected chi connectivity index (χ1v) is 7.51. The molecule has 2 N–H and O–H groups in total. The third-order valence-corrected chi connectivity index (χ3v) is 4.62. The van der Waals surface area contributed by atoms with Crippen molar-refractivity contribution in [2.75, 3.05) is 12.3 Å². The van der Waals surface area contributed by atoms with E-state index in [1.807, 2.05) is 42.1 Å². The number of hydrogen-bond acceptors (Lipinski definition) is 3. The molecule has 0 aromatic heterocycles. The molecule has 0 spiro atoms. The molecule has 0 radical (unpaired) electrons. The van der Waals surface area contributed by atoms with Gasteiger partial charge in [-0.05, 0) is 17.2 Å². The minimum atomic E-state index is -0.445. The standard InChI is InChI=1S/C16H17NOS/c18-15(12-6-2-1-3-7-12)10-17-14-11-19-16-9-5-4-8-13(14)16/h1-9,14-15,17-18H,10-11H2. The Morgan fingerprint density at radius 1 is 1.11 bits per heavy atom. The first-order chi connectivity index (χ1) is 9.34. The molecule has 19 heavy (non-hydrogen) atoms. The van der Waals surface area contributed by atoms with Crippen LogP contribution in [0.25, 0.3) is 0 Å². The van der Waals surface area contributed by atoms with Gasteiger partial charge in [-0.25, -0.2) is 0 Å². The highest BCUT2D eigenvalue weighted by molar-refractivity contribution is 7.99. The van der Waals surface area contributed by atoms with E-state index in [1.165, 1.54) is 10.5 Å². The van der Waals surface area contributed by atoms with E-state index in [4.69, 9.17) is 0 Å². The van der Waals surface area contributed by atoms with Crippen molar-refractivity contribution in [2.24, 2.45) is 0 Å². The van der Waals surface area contributed by atoms with Crippen molar-refractivity contribution in [1.82, 2.24) is 5.32 Å². The molecule has 0 amide bonds. The minimum absolute atomic E-state index is 0.347. The zero-order valence-corrected chi connectivity index (χ0v) is 11.4. The predicted octanol–water partition coefficient (Wildman–Crippen LogP) is 3.16. The van der Waals surface area contributed by atoms with Gasteiger partial charge in [-0.2, -0.15) is 0 Å². The lowest BCUT2D eigenvalue weighted by Gasteiger charge is -2.17. The number of nitrogens with one attached hydrogen (secondary N) is 1. The van der Waals surface area contributed by atoms with Gasteiger partial charge < -0.3 is 10.4 Å². The molecule has 3 rings (SSSR count). The Morgan fingerprint density at radius 2 is 1.84 bits per heavy atom. The van der Waals surface area contributed by atoms with Gasteiger partial charge in [0.2, 0.25) is 0 Å². The van der Waals surface area contributed by atoms with Crippen LogP contribution in [0.3, 0.4) is 0 Å². The van der Waals surface area contributed by atoms with Crippen molar-refractivity contribution in [1.29, 1.82) is 0 Å². The van der Waals surface area contributed by atoms with E-state index in [0.717, 1.165) is 11.3 Å². The van der Waals surface area contributed by atoms with Crippen LogP contribution in [-0.2, 0) is 0 Å². The van der Waals surface area contributed by atoms with E-state index >= 15 is 0 Å². The summed E-state index contributed by atoms with van der Waals surface area (Å²) in [6.45, 7) is 0.587. The number of benzene rings is 2. The van der Waals surface area contributed by atoms with Crippen LogP contribution in [-0.4, -0.2) is 17.4 Å². The first kappa shape index (κ1) is 12.7. The SMILES string of the molecule is OC(CNC1CSc2ccccc21)c1ccccc1. The Bertz CT molecular complexity index is 543. The Kier molecular flexibility index (Phi) is 3.87. The van der Waals surface area contributed by atoms with Gasteiger partial charge in [0.25, 0.3) is 0 Å². The van der Waals surface area contributed by atoms with Gasteiger partial charge in [0, 0.05) is 23.2 Å². The molecule has 2 aromatic rings. The number of rotatable bonds is 4. The fraction of sp³-hybridized carbons (Fsp3) is 0.250. The largest absolute Gasteiger partial charge is 0.387 e. The molecule has 2 atom stereocenters. The average molecular weight is 271 g/mol. The molecule has 0 fully saturated rings. The van der Waals surface area contributed by atoms with E-state index in [1.54, 1.807) is 0 Å². The lowest BCUT2D eigenvalue weighted by molar-refractivity contribution is 0.171. The summed E-state index contributed by atoms with van der Waals surface area (Å²) >= 11 is 1.88. The van der Waals surface area contributed by atoms with E-state index in [0.29, 0.717) is 12.6 Å². The normalized spacial score (nSPS) is 19.1. The van der Waals surface area contributed by atoms with Crippen molar-refractivity contribution in [3.8, 4) is 0 Å². The smallest absolute Gasteiger partial charge is 0.0914 e. The van der Waals surface area contributed by atoms with Crippen LogP contribution in [0.15, 0.2) is 59.5 Å². The molecular weight excluding hydrogens is 254 g/mol. The molecular formula is C16H17NOS. The number of hydrogen-bond donors (Lipinski definition) is 2. The Hall–Kier alpha value is -1.29. The summed E-state index contributed by atoms with van der Waals surface area (Å²) in [5.74, 6) is 1.04. The number of fused-ring (bicyclic) bond motifs is 1. The second-order valence-electron chi connectivity index (χ2n) is 4.74. The molecule has 2 nitrogen and oxygen atoms in total. The minimum Gasteiger partial charge on any atom is -0.387 e. The molecule has 0 aliphatic carbocycles. The summed E-state index contributed by atoms with van der Waals surface area (Å²) in [7, 11) is 0. The van der Waals surface area contributed by atoms with Crippen LogP contribution in [0.2, 0.25) is 0 Å². The van der Waals surface area contributed by atoms with Gasteiger partial charge in [0.05, 0.1) is 6.10 Å². The highest BCUT2D eigenvalue weighted by Crippen LogP contribution is 2.37. The third kappa shape index (κ3) is 2.84. The van der Waals surface area contributed by atoms with E-state index in [-0.39, 0.29) is 0 Å². The molecule has 1 aliphatic rings. The Balaban J connectivity index is 1.62. The maximum Gasteiger partial charge on any atom is 0.0914 e. The number of aliphatic hydroxyl groups is 1. The van der Waals surface area contributed by atoms with E-state index in [2.05, 4.69) is 29.6 Å². The fourth-order valence-corrected chi connectivity index (χ4v) is 3.57. The summed E-state index contributed by atoms with van der Waals surface area (Å²) in [5, 5.41) is 13.6. The van der Waals surface area contributed by atoms with Crippen LogP contribution >= 0.6 is 11.8 Å². The zero-order valence-electron chi connectivity index (χ0n) is 10.6. The van der Waals surface area contributed by atoms with Crippen molar-refractivity contribution < 1.29 is 5.11 Å². The number of thioether (sulfide) groups is 1. The molecule has 3 heteroatoms. The summed E-state index contributed by atoms with van der Waals surface area (Å²) in [4.78, 5) is 1.36. The van der Waals surface area contributed by atoms with Crippen molar-refractivity contribution in [3.05, 3.63) is 65.7 Å². The van der Waals surface area contributed by atoms with Gasteiger partial charge in [0.15, 0.2) is 0 Å². The topological polar surface area (TPSA) is 32.3 Å². The Morgan fingerprint density at radius 3 is 2.68 bits per heavy atom. The second-order valence-corrected chi connectivity index (χ2v) is 5.80. The zero-order chi connectivity index (χ0) is 13.1. The van der Waals surface area contributed by atoms with Gasteiger partial charge >= 0.3 is 0 Å². The molecule has 2 aromatic carbocycles. The van der Waals surface area contributed by atoms with Crippen LogP contribution in [0.1, 0.15) is 23.3 Å².